The van der Waals surface area contributed by atoms with Crippen LogP contribution < -0.4 is 10.0 Å². The molecule has 8 heteroatoms. The Kier molecular flexibility index (Phi) is 5.66. The summed E-state index contributed by atoms with van der Waals surface area (Å²) in [6.45, 7) is 1.24. The summed E-state index contributed by atoms with van der Waals surface area (Å²) >= 11 is 0. The van der Waals surface area contributed by atoms with E-state index in [1.165, 1.54) is 19.1 Å². The van der Waals surface area contributed by atoms with Gasteiger partial charge in [-0.2, -0.15) is 0 Å². The average molecular weight is 300 g/mol. The van der Waals surface area contributed by atoms with E-state index in [1.54, 1.807) is 12.1 Å². The standard InChI is InChI=1S/C12H16N2O5S/c1-2-20(18,19)14-7-9-3-5-10(6-4-9)12(17)13-8-11(15)16/h3-6,14H,2,7-8H2,1H3,(H,13,17)(H,15,16). The minimum absolute atomic E-state index is 0.00266. The molecule has 0 heterocycles. The van der Waals surface area contributed by atoms with E-state index in [1.807, 2.05) is 0 Å². The predicted octanol–water partition coefficient (Wildman–Crippen LogP) is -0.0597. The largest absolute Gasteiger partial charge is 0.480 e. The summed E-state index contributed by atoms with van der Waals surface area (Å²) in [7, 11) is -3.26. The van der Waals surface area contributed by atoms with Crippen LogP contribution in [0, 0.1) is 0 Å². The van der Waals surface area contributed by atoms with Gasteiger partial charge in [-0.3, -0.25) is 9.59 Å². The molecular weight excluding hydrogens is 284 g/mol. The smallest absolute Gasteiger partial charge is 0.322 e. The maximum absolute atomic E-state index is 11.5. The van der Waals surface area contributed by atoms with Gasteiger partial charge in [-0.25, -0.2) is 13.1 Å². The van der Waals surface area contributed by atoms with Crippen molar-refractivity contribution in [3.63, 3.8) is 0 Å². The quantitative estimate of drug-likeness (QED) is 0.653. The second-order valence-corrected chi connectivity index (χ2v) is 6.09. The number of carboxylic acids is 1. The molecule has 1 amide bonds. The number of hydrogen-bond acceptors (Lipinski definition) is 4. The Morgan fingerprint density at radius 1 is 1.20 bits per heavy atom. The van der Waals surface area contributed by atoms with Gasteiger partial charge in [-0.05, 0) is 24.6 Å². The zero-order valence-electron chi connectivity index (χ0n) is 10.9. The SMILES string of the molecule is CCS(=O)(=O)NCc1ccc(C(=O)NCC(=O)O)cc1. The molecule has 20 heavy (non-hydrogen) atoms. The number of carboxylic acid groups (broad SMARTS) is 1. The van der Waals surface area contributed by atoms with Crippen molar-refractivity contribution >= 4 is 21.9 Å². The summed E-state index contributed by atoms with van der Waals surface area (Å²) in [5.74, 6) is -1.61. The Labute approximate surface area is 117 Å². The number of carbonyl (C=O) groups is 2. The van der Waals surface area contributed by atoms with E-state index in [-0.39, 0.29) is 12.3 Å². The van der Waals surface area contributed by atoms with E-state index >= 15 is 0 Å². The molecule has 1 aromatic rings. The first-order valence-corrected chi connectivity index (χ1v) is 7.55. The number of hydrogen-bond donors (Lipinski definition) is 3. The maximum atomic E-state index is 11.5. The number of nitrogens with one attached hydrogen (secondary N) is 2. The Hall–Kier alpha value is -1.93. The fourth-order valence-corrected chi connectivity index (χ4v) is 1.92. The van der Waals surface area contributed by atoms with Gasteiger partial charge >= 0.3 is 5.97 Å². The zero-order valence-corrected chi connectivity index (χ0v) is 11.7. The van der Waals surface area contributed by atoms with E-state index in [4.69, 9.17) is 5.11 Å². The minimum Gasteiger partial charge on any atom is -0.480 e. The van der Waals surface area contributed by atoms with Crippen LogP contribution in [-0.2, 0) is 21.4 Å². The molecule has 0 atom stereocenters. The molecule has 0 saturated carbocycles. The fourth-order valence-electron chi connectivity index (χ4n) is 1.33. The highest BCUT2D eigenvalue weighted by molar-refractivity contribution is 7.89. The van der Waals surface area contributed by atoms with Crippen LogP contribution in [0.1, 0.15) is 22.8 Å². The van der Waals surface area contributed by atoms with Crippen molar-refractivity contribution in [1.29, 1.82) is 0 Å². The predicted molar refractivity (Wildman–Crippen MR) is 72.7 cm³/mol. The lowest BCUT2D eigenvalue weighted by atomic mass is 10.1. The van der Waals surface area contributed by atoms with Crippen LogP contribution in [0.4, 0.5) is 0 Å². The lowest BCUT2D eigenvalue weighted by Gasteiger charge is -2.06. The molecule has 110 valence electrons. The normalized spacial score (nSPS) is 11.1. The van der Waals surface area contributed by atoms with Crippen LogP contribution >= 0.6 is 0 Å². The second kappa shape index (κ2) is 7.01. The lowest BCUT2D eigenvalue weighted by Crippen LogP contribution is -2.29. The first-order chi connectivity index (χ1) is 9.34. The number of amides is 1. The molecular formula is C12H16N2O5S. The molecule has 0 aliphatic carbocycles. The van der Waals surface area contributed by atoms with Gasteiger partial charge in [0.15, 0.2) is 0 Å². The molecule has 0 radical (unpaired) electrons. The third-order valence-corrected chi connectivity index (χ3v) is 3.84. The van der Waals surface area contributed by atoms with Gasteiger partial charge < -0.3 is 10.4 Å². The summed E-state index contributed by atoms with van der Waals surface area (Å²) in [6.07, 6.45) is 0. The number of sulfonamides is 1. The van der Waals surface area contributed by atoms with Gasteiger partial charge in [-0.1, -0.05) is 12.1 Å². The first-order valence-electron chi connectivity index (χ1n) is 5.90. The van der Waals surface area contributed by atoms with E-state index in [9.17, 15) is 18.0 Å². The van der Waals surface area contributed by atoms with Crippen LogP contribution in [-0.4, -0.2) is 37.7 Å². The molecule has 0 bridgehead atoms. The Balaban J connectivity index is 2.60. The lowest BCUT2D eigenvalue weighted by molar-refractivity contribution is -0.135. The highest BCUT2D eigenvalue weighted by atomic mass is 32.2. The molecule has 1 rings (SSSR count). The fraction of sp³-hybridized carbons (Fsp3) is 0.333. The van der Waals surface area contributed by atoms with Crippen LogP contribution in [0.15, 0.2) is 24.3 Å². The molecule has 0 saturated heterocycles. The van der Waals surface area contributed by atoms with Crippen molar-refractivity contribution in [1.82, 2.24) is 10.0 Å². The van der Waals surface area contributed by atoms with Crippen molar-refractivity contribution in [3.8, 4) is 0 Å². The molecule has 3 N–H and O–H groups in total. The number of rotatable bonds is 7. The highest BCUT2D eigenvalue weighted by Crippen LogP contribution is 2.05. The minimum atomic E-state index is -3.26. The van der Waals surface area contributed by atoms with E-state index in [2.05, 4.69) is 10.0 Å². The van der Waals surface area contributed by atoms with Crippen molar-refractivity contribution in [2.45, 2.75) is 13.5 Å². The topological polar surface area (TPSA) is 113 Å². The van der Waals surface area contributed by atoms with Gasteiger partial charge in [0.1, 0.15) is 6.54 Å². The van der Waals surface area contributed by atoms with Crippen molar-refractivity contribution in [3.05, 3.63) is 35.4 Å². The van der Waals surface area contributed by atoms with E-state index in [0.29, 0.717) is 11.1 Å². The second-order valence-electron chi connectivity index (χ2n) is 4.00. The summed E-state index contributed by atoms with van der Waals surface area (Å²) in [6, 6.07) is 6.22. The summed E-state index contributed by atoms with van der Waals surface area (Å²) in [5, 5.41) is 10.7. The molecule has 0 aromatic heterocycles. The highest BCUT2D eigenvalue weighted by Gasteiger charge is 2.08. The zero-order chi connectivity index (χ0) is 15.2. The van der Waals surface area contributed by atoms with Gasteiger partial charge in [0.05, 0.1) is 5.75 Å². The van der Waals surface area contributed by atoms with Gasteiger partial charge in [0, 0.05) is 12.1 Å². The monoisotopic (exact) mass is 300 g/mol. The number of benzene rings is 1. The summed E-state index contributed by atoms with van der Waals surface area (Å²) in [5.41, 5.74) is 1.02. The third-order valence-electron chi connectivity index (χ3n) is 2.49. The summed E-state index contributed by atoms with van der Waals surface area (Å²) in [4.78, 5) is 21.9. The molecule has 0 aliphatic heterocycles. The number of carbonyl (C=O) groups excluding carboxylic acids is 1. The molecule has 1 aromatic carbocycles. The van der Waals surface area contributed by atoms with Gasteiger partial charge in [0.25, 0.3) is 5.91 Å². The molecule has 0 aliphatic rings. The Morgan fingerprint density at radius 2 is 1.80 bits per heavy atom. The van der Waals surface area contributed by atoms with Gasteiger partial charge in [0.2, 0.25) is 10.0 Å². The Morgan fingerprint density at radius 3 is 2.30 bits per heavy atom. The van der Waals surface area contributed by atoms with E-state index < -0.39 is 28.4 Å². The first kappa shape index (κ1) is 16.1. The Bertz CT molecular complexity index is 580. The van der Waals surface area contributed by atoms with Gasteiger partial charge in [-0.15, -0.1) is 0 Å². The molecule has 0 spiro atoms. The average Bonchev–Trinajstić information content (AvgIpc) is 2.43. The van der Waals surface area contributed by atoms with Crippen LogP contribution in [0.3, 0.4) is 0 Å². The third kappa shape index (κ3) is 5.37. The molecule has 7 nitrogen and oxygen atoms in total. The molecule has 0 unspecified atom stereocenters. The maximum Gasteiger partial charge on any atom is 0.322 e. The summed E-state index contributed by atoms with van der Waals surface area (Å²) < 4.78 is 24.9. The van der Waals surface area contributed by atoms with Crippen LogP contribution in [0.25, 0.3) is 0 Å². The van der Waals surface area contributed by atoms with E-state index in [0.717, 1.165) is 0 Å². The number of aliphatic carboxylic acids is 1. The molecule has 0 fully saturated rings. The van der Waals surface area contributed by atoms with Crippen molar-refractivity contribution in [2.24, 2.45) is 0 Å². The van der Waals surface area contributed by atoms with Crippen LogP contribution in [0.2, 0.25) is 0 Å². The van der Waals surface area contributed by atoms with Crippen molar-refractivity contribution < 1.29 is 23.1 Å². The van der Waals surface area contributed by atoms with Crippen LogP contribution in [0.5, 0.6) is 0 Å². The van der Waals surface area contributed by atoms with Crippen molar-refractivity contribution in [2.75, 3.05) is 12.3 Å².